The van der Waals surface area contributed by atoms with Crippen LogP contribution in [0.15, 0.2) is 29.1 Å². The summed E-state index contributed by atoms with van der Waals surface area (Å²) in [4.78, 5) is 14.6. The molecule has 72 valence electrons. The van der Waals surface area contributed by atoms with E-state index in [1.807, 2.05) is 19.3 Å². The Labute approximate surface area is 79.6 Å². The third kappa shape index (κ3) is 1.19. The fourth-order valence-electron chi connectivity index (χ4n) is 1.29. The lowest BCUT2D eigenvalue weighted by atomic mass is 10.2. The molecule has 14 heavy (non-hydrogen) atoms. The van der Waals surface area contributed by atoms with Gasteiger partial charge >= 0.3 is 5.97 Å². The quantitative estimate of drug-likeness (QED) is 0.780. The normalized spacial score (nSPS) is 10.4. The number of hydrogen-bond donors (Lipinski definition) is 1. The summed E-state index contributed by atoms with van der Waals surface area (Å²) in [5, 5.41) is 8.80. The van der Waals surface area contributed by atoms with E-state index < -0.39 is 5.97 Å². The first kappa shape index (κ1) is 8.55. The van der Waals surface area contributed by atoms with E-state index in [4.69, 9.17) is 9.52 Å². The molecule has 2 rings (SSSR count). The van der Waals surface area contributed by atoms with E-state index >= 15 is 0 Å². The van der Waals surface area contributed by atoms with Crippen molar-refractivity contribution >= 4 is 5.97 Å². The van der Waals surface area contributed by atoms with Gasteiger partial charge in [-0.2, -0.15) is 0 Å². The van der Waals surface area contributed by atoms with Crippen molar-refractivity contribution in [2.75, 3.05) is 0 Å². The Morgan fingerprint density at radius 3 is 3.00 bits per heavy atom. The Bertz CT molecular complexity index is 470. The van der Waals surface area contributed by atoms with Gasteiger partial charge < -0.3 is 14.1 Å². The third-order valence-corrected chi connectivity index (χ3v) is 1.95. The number of carbonyl (C=O) groups is 1. The summed E-state index contributed by atoms with van der Waals surface area (Å²) in [6.07, 6.45) is 2.95. The SMILES string of the molecule is Cn1cccc1-c1ncoc1C(=O)O. The minimum atomic E-state index is -1.11. The van der Waals surface area contributed by atoms with Crippen molar-refractivity contribution < 1.29 is 14.3 Å². The lowest BCUT2D eigenvalue weighted by Gasteiger charge is -1.98. The number of aryl methyl sites for hydroxylation is 1. The Kier molecular flexibility index (Phi) is 1.85. The van der Waals surface area contributed by atoms with Crippen molar-refractivity contribution in [1.29, 1.82) is 0 Å². The molecule has 0 aliphatic carbocycles. The highest BCUT2D eigenvalue weighted by Crippen LogP contribution is 2.21. The Balaban J connectivity index is 2.57. The molecule has 0 spiro atoms. The molecule has 0 saturated carbocycles. The summed E-state index contributed by atoms with van der Waals surface area (Å²) in [6.45, 7) is 0. The second-order valence-electron chi connectivity index (χ2n) is 2.84. The molecule has 0 amide bonds. The molecule has 0 aliphatic heterocycles. The number of carboxylic acid groups (broad SMARTS) is 1. The topological polar surface area (TPSA) is 68.3 Å². The summed E-state index contributed by atoms with van der Waals surface area (Å²) in [5.41, 5.74) is 1.07. The van der Waals surface area contributed by atoms with E-state index in [1.54, 1.807) is 10.6 Å². The molecular weight excluding hydrogens is 184 g/mol. The summed E-state index contributed by atoms with van der Waals surface area (Å²) in [6, 6.07) is 3.60. The van der Waals surface area contributed by atoms with Crippen LogP contribution in [0.4, 0.5) is 0 Å². The molecule has 0 atom stereocenters. The Hall–Kier alpha value is -2.04. The molecule has 2 aromatic heterocycles. The van der Waals surface area contributed by atoms with Crippen LogP contribution in [0.3, 0.4) is 0 Å². The van der Waals surface area contributed by atoms with Gasteiger partial charge in [0, 0.05) is 13.2 Å². The largest absolute Gasteiger partial charge is 0.475 e. The lowest BCUT2D eigenvalue weighted by molar-refractivity contribution is 0.0663. The standard InChI is InChI=1S/C9H8N2O3/c1-11-4-2-3-6(11)7-8(9(12)13)14-5-10-7/h2-5H,1H3,(H,12,13). The Morgan fingerprint density at radius 2 is 2.43 bits per heavy atom. The van der Waals surface area contributed by atoms with Crippen LogP contribution in [0.1, 0.15) is 10.6 Å². The summed E-state index contributed by atoms with van der Waals surface area (Å²) >= 11 is 0. The van der Waals surface area contributed by atoms with Gasteiger partial charge in [-0.3, -0.25) is 0 Å². The maximum absolute atomic E-state index is 10.7. The first-order chi connectivity index (χ1) is 6.70. The molecular formula is C9H8N2O3. The Morgan fingerprint density at radius 1 is 1.64 bits per heavy atom. The van der Waals surface area contributed by atoms with Crippen molar-refractivity contribution in [1.82, 2.24) is 9.55 Å². The van der Waals surface area contributed by atoms with Crippen LogP contribution >= 0.6 is 0 Å². The van der Waals surface area contributed by atoms with E-state index in [9.17, 15) is 4.79 Å². The van der Waals surface area contributed by atoms with Crippen LogP contribution in [0, 0.1) is 0 Å². The van der Waals surface area contributed by atoms with Crippen LogP contribution < -0.4 is 0 Å². The smallest absolute Gasteiger partial charge is 0.374 e. The number of aromatic nitrogens is 2. The summed E-state index contributed by atoms with van der Waals surface area (Å²) in [7, 11) is 1.82. The zero-order chi connectivity index (χ0) is 10.1. The van der Waals surface area contributed by atoms with Crippen LogP contribution in [0.5, 0.6) is 0 Å². The molecule has 0 bridgehead atoms. The highest BCUT2D eigenvalue weighted by molar-refractivity contribution is 5.91. The predicted molar refractivity (Wildman–Crippen MR) is 47.9 cm³/mol. The van der Waals surface area contributed by atoms with Gasteiger partial charge in [0.25, 0.3) is 0 Å². The maximum Gasteiger partial charge on any atom is 0.374 e. The van der Waals surface area contributed by atoms with Crippen molar-refractivity contribution in [3.05, 3.63) is 30.5 Å². The highest BCUT2D eigenvalue weighted by atomic mass is 16.4. The second-order valence-corrected chi connectivity index (χ2v) is 2.84. The number of hydrogen-bond acceptors (Lipinski definition) is 3. The monoisotopic (exact) mass is 192 g/mol. The minimum absolute atomic E-state index is 0.133. The summed E-state index contributed by atoms with van der Waals surface area (Å²) < 4.78 is 6.56. The number of nitrogens with zero attached hydrogens (tertiary/aromatic N) is 2. The minimum Gasteiger partial charge on any atom is -0.475 e. The molecule has 0 unspecified atom stereocenters. The van der Waals surface area contributed by atoms with Gasteiger partial charge in [-0.15, -0.1) is 0 Å². The van der Waals surface area contributed by atoms with Crippen LogP contribution in [-0.2, 0) is 7.05 Å². The second kappa shape index (κ2) is 3.02. The van der Waals surface area contributed by atoms with Gasteiger partial charge in [0.15, 0.2) is 6.39 Å². The van der Waals surface area contributed by atoms with Gasteiger partial charge in [-0.05, 0) is 12.1 Å². The zero-order valence-corrected chi connectivity index (χ0v) is 7.47. The maximum atomic E-state index is 10.7. The molecule has 0 fully saturated rings. The van der Waals surface area contributed by atoms with Crippen LogP contribution in [0.2, 0.25) is 0 Å². The van der Waals surface area contributed by atoms with E-state index in [0.717, 1.165) is 12.1 Å². The molecule has 2 aromatic rings. The predicted octanol–water partition coefficient (Wildman–Crippen LogP) is 1.38. The third-order valence-electron chi connectivity index (χ3n) is 1.95. The zero-order valence-electron chi connectivity index (χ0n) is 7.47. The van der Waals surface area contributed by atoms with E-state index in [1.165, 1.54) is 0 Å². The van der Waals surface area contributed by atoms with Gasteiger partial charge in [-0.25, -0.2) is 9.78 Å². The highest BCUT2D eigenvalue weighted by Gasteiger charge is 2.18. The molecule has 5 nitrogen and oxygen atoms in total. The average molecular weight is 192 g/mol. The molecule has 0 aliphatic rings. The average Bonchev–Trinajstić information content (AvgIpc) is 2.70. The number of oxazole rings is 1. The van der Waals surface area contributed by atoms with Gasteiger partial charge in [0.05, 0.1) is 5.69 Å². The van der Waals surface area contributed by atoms with E-state index in [0.29, 0.717) is 5.69 Å². The molecule has 2 heterocycles. The van der Waals surface area contributed by atoms with Gasteiger partial charge in [0.1, 0.15) is 5.69 Å². The first-order valence-corrected chi connectivity index (χ1v) is 3.98. The van der Waals surface area contributed by atoms with Crippen molar-refractivity contribution in [2.24, 2.45) is 7.05 Å². The van der Waals surface area contributed by atoms with Crippen molar-refractivity contribution in [2.45, 2.75) is 0 Å². The van der Waals surface area contributed by atoms with Crippen LogP contribution in [0.25, 0.3) is 11.4 Å². The van der Waals surface area contributed by atoms with Crippen LogP contribution in [-0.4, -0.2) is 20.6 Å². The van der Waals surface area contributed by atoms with E-state index in [2.05, 4.69) is 4.98 Å². The van der Waals surface area contributed by atoms with Gasteiger partial charge in [0.2, 0.25) is 5.76 Å². The molecule has 0 saturated heterocycles. The van der Waals surface area contributed by atoms with Crippen molar-refractivity contribution in [3.63, 3.8) is 0 Å². The number of aromatic carboxylic acids is 1. The molecule has 0 radical (unpaired) electrons. The lowest BCUT2D eigenvalue weighted by Crippen LogP contribution is -1.99. The molecule has 5 heteroatoms. The van der Waals surface area contributed by atoms with Gasteiger partial charge in [-0.1, -0.05) is 0 Å². The van der Waals surface area contributed by atoms with E-state index in [-0.39, 0.29) is 5.76 Å². The van der Waals surface area contributed by atoms with Crippen molar-refractivity contribution in [3.8, 4) is 11.4 Å². The number of carboxylic acids is 1. The molecule has 1 N–H and O–H groups in total. The number of rotatable bonds is 2. The fourth-order valence-corrected chi connectivity index (χ4v) is 1.29. The molecule has 0 aromatic carbocycles. The first-order valence-electron chi connectivity index (χ1n) is 3.98. The summed E-state index contributed by atoms with van der Waals surface area (Å²) in [5.74, 6) is -1.24. The fraction of sp³-hybridized carbons (Fsp3) is 0.111.